The number of aliphatic imine (C=N–C) groups is 1. The molecule has 1 heterocycles. The normalized spacial score (nSPS) is 16.3. The van der Waals surface area contributed by atoms with E-state index in [1.54, 1.807) is 12.1 Å². The molecule has 0 spiro atoms. The summed E-state index contributed by atoms with van der Waals surface area (Å²) >= 11 is 7.22. The second-order valence-electron chi connectivity index (χ2n) is 7.14. The van der Waals surface area contributed by atoms with Crippen LogP contribution < -0.4 is 10.1 Å². The maximum absolute atomic E-state index is 12.2. The first-order valence-corrected chi connectivity index (χ1v) is 11.6. The van der Waals surface area contributed by atoms with Crippen molar-refractivity contribution in [2.45, 2.75) is 45.4 Å². The Morgan fingerprint density at radius 3 is 2.43 bits per heavy atom. The summed E-state index contributed by atoms with van der Waals surface area (Å²) in [5.74, 6) is 0.718. The third-order valence-electron chi connectivity index (χ3n) is 4.65. The summed E-state index contributed by atoms with van der Waals surface area (Å²) in [7, 11) is 0. The number of hydrogen-bond acceptors (Lipinski definition) is 4. The molecule has 2 aromatic rings. The number of halogens is 1. The fraction of sp³-hybridized carbons (Fsp3) is 0.333. The Hall–Kier alpha value is -2.24. The molecule has 1 fully saturated rings. The zero-order chi connectivity index (χ0) is 21.2. The van der Waals surface area contributed by atoms with E-state index in [2.05, 4.69) is 17.2 Å². The Balaban J connectivity index is 1.50. The topological polar surface area (TPSA) is 50.7 Å². The maximum atomic E-state index is 12.2. The first-order chi connectivity index (χ1) is 14.6. The van der Waals surface area contributed by atoms with Crippen LogP contribution in [-0.4, -0.2) is 17.7 Å². The lowest BCUT2D eigenvalue weighted by molar-refractivity contribution is -0.115. The van der Waals surface area contributed by atoms with E-state index >= 15 is 0 Å². The van der Waals surface area contributed by atoms with Gasteiger partial charge in [0.2, 0.25) is 0 Å². The number of carbonyl (C=O) groups excluding carboxylic acids is 1. The molecular formula is C24H27ClN2O2S. The smallest absolute Gasteiger partial charge is 0.264 e. The van der Waals surface area contributed by atoms with Crippen molar-refractivity contribution >= 4 is 46.2 Å². The van der Waals surface area contributed by atoms with Crippen molar-refractivity contribution < 1.29 is 9.53 Å². The molecule has 1 saturated heterocycles. The number of nitrogens with one attached hydrogen (secondary N) is 1. The molecule has 6 heteroatoms. The second kappa shape index (κ2) is 11.8. The van der Waals surface area contributed by atoms with E-state index in [9.17, 15) is 4.79 Å². The molecule has 4 nitrogen and oxygen atoms in total. The van der Waals surface area contributed by atoms with Crippen molar-refractivity contribution in [3.05, 3.63) is 64.0 Å². The van der Waals surface area contributed by atoms with Crippen molar-refractivity contribution in [1.82, 2.24) is 5.32 Å². The molecule has 1 N–H and O–H groups in total. The number of ether oxygens (including phenoxy) is 1. The van der Waals surface area contributed by atoms with Gasteiger partial charge in [-0.05, 0) is 66.2 Å². The zero-order valence-electron chi connectivity index (χ0n) is 17.2. The lowest BCUT2D eigenvalue weighted by Gasteiger charge is -2.06. The van der Waals surface area contributed by atoms with Gasteiger partial charge >= 0.3 is 0 Å². The summed E-state index contributed by atoms with van der Waals surface area (Å²) in [5.41, 5.74) is 1.70. The Kier molecular flexibility index (Phi) is 8.84. The summed E-state index contributed by atoms with van der Waals surface area (Å²) in [4.78, 5) is 17.3. The molecule has 158 valence electrons. The number of benzene rings is 2. The van der Waals surface area contributed by atoms with Gasteiger partial charge in [0.1, 0.15) is 5.75 Å². The van der Waals surface area contributed by atoms with Gasteiger partial charge in [0.25, 0.3) is 5.91 Å². The van der Waals surface area contributed by atoms with Crippen molar-refractivity contribution in [3.8, 4) is 5.75 Å². The van der Waals surface area contributed by atoms with Gasteiger partial charge in [0.05, 0.1) is 17.2 Å². The van der Waals surface area contributed by atoms with E-state index in [1.165, 1.54) is 43.9 Å². The number of thioether (sulfide) groups is 1. The van der Waals surface area contributed by atoms with E-state index in [4.69, 9.17) is 16.3 Å². The Morgan fingerprint density at radius 2 is 1.70 bits per heavy atom. The van der Waals surface area contributed by atoms with Crippen LogP contribution in [0.15, 0.2) is 58.4 Å². The highest BCUT2D eigenvalue weighted by Gasteiger charge is 2.23. The standard InChI is InChI=1S/C24H27ClN2O2S/c1-2-3-4-5-6-7-16-29-21-14-8-18(9-15-21)17-22-23(28)27-24(30-22)26-20-12-10-19(25)11-13-20/h8-15,17H,2-7,16H2,1H3,(H,26,27,28)/b22-17+. The van der Waals surface area contributed by atoms with E-state index in [0.717, 1.165) is 30.0 Å². The zero-order valence-corrected chi connectivity index (χ0v) is 18.8. The average Bonchev–Trinajstić information content (AvgIpc) is 3.09. The minimum Gasteiger partial charge on any atom is -0.494 e. The van der Waals surface area contributed by atoms with Gasteiger partial charge in [0.15, 0.2) is 5.17 Å². The molecule has 0 aromatic heterocycles. The lowest BCUT2D eigenvalue weighted by atomic mass is 10.1. The van der Waals surface area contributed by atoms with Gasteiger partial charge in [-0.15, -0.1) is 0 Å². The Morgan fingerprint density at radius 1 is 1.00 bits per heavy atom. The molecular weight excluding hydrogens is 416 g/mol. The van der Waals surface area contributed by atoms with Gasteiger partial charge in [0, 0.05) is 5.02 Å². The molecule has 0 saturated carbocycles. The molecule has 0 aliphatic carbocycles. The van der Waals surface area contributed by atoms with Crippen LogP contribution in [0.4, 0.5) is 5.69 Å². The van der Waals surface area contributed by atoms with Gasteiger partial charge < -0.3 is 10.1 Å². The number of carbonyl (C=O) groups is 1. The van der Waals surface area contributed by atoms with Crippen LogP contribution in [0, 0.1) is 0 Å². The van der Waals surface area contributed by atoms with Crippen LogP contribution in [0.3, 0.4) is 0 Å². The predicted octanol–water partition coefficient (Wildman–Crippen LogP) is 6.97. The van der Waals surface area contributed by atoms with Gasteiger partial charge in [-0.1, -0.05) is 62.8 Å². The fourth-order valence-corrected chi connectivity index (χ4v) is 3.97. The van der Waals surface area contributed by atoms with Crippen LogP contribution in [0.2, 0.25) is 5.02 Å². The quantitative estimate of drug-likeness (QED) is 0.319. The average molecular weight is 443 g/mol. The summed E-state index contributed by atoms with van der Waals surface area (Å²) < 4.78 is 5.82. The third kappa shape index (κ3) is 7.22. The Bertz CT molecular complexity index is 892. The fourth-order valence-electron chi connectivity index (χ4n) is 3.00. The van der Waals surface area contributed by atoms with Crippen molar-refractivity contribution in [3.63, 3.8) is 0 Å². The number of amidine groups is 1. The minimum atomic E-state index is -0.142. The highest BCUT2D eigenvalue weighted by atomic mass is 35.5. The molecule has 0 bridgehead atoms. The van der Waals surface area contributed by atoms with E-state index in [1.807, 2.05) is 42.5 Å². The van der Waals surface area contributed by atoms with Crippen LogP contribution in [0.5, 0.6) is 5.75 Å². The molecule has 1 aliphatic heterocycles. The molecule has 0 unspecified atom stereocenters. The third-order valence-corrected chi connectivity index (χ3v) is 5.81. The van der Waals surface area contributed by atoms with E-state index in [-0.39, 0.29) is 5.91 Å². The summed E-state index contributed by atoms with van der Waals surface area (Å²) in [6, 6.07) is 15.0. The van der Waals surface area contributed by atoms with Crippen molar-refractivity contribution in [1.29, 1.82) is 0 Å². The number of hydrogen-bond donors (Lipinski definition) is 1. The lowest BCUT2D eigenvalue weighted by Crippen LogP contribution is -2.19. The minimum absolute atomic E-state index is 0.142. The van der Waals surface area contributed by atoms with Gasteiger partial charge in [-0.25, -0.2) is 4.99 Å². The molecule has 3 rings (SSSR count). The SMILES string of the molecule is CCCCCCCCOc1ccc(/C=C2/SC(=Nc3ccc(Cl)cc3)NC2=O)cc1. The van der Waals surface area contributed by atoms with Crippen molar-refractivity contribution in [2.75, 3.05) is 6.61 Å². The maximum Gasteiger partial charge on any atom is 0.264 e. The van der Waals surface area contributed by atoms with Gasteiger partial charge in [-0.2, -0.15) is 0 Å². The van der Waals surface area contributed by atoms with Crippen LogP contribution in [-0.2, 0) is 4.79 Å². The molecule has 0 radical (unpaired) electrons. The molecule has 1 aliphatic rings. The summed E-state index contributed by atoms with van der Waals surface area (Å²) in [6.07, 6.45) is 9.36. The van der Waals surface area contributed by atoms with Crippen molar-refractivity contribution in [2.24, 2.45) is 4.99 Å². The number of rotatable bonds is 10. The summed E-state index contributed by atoms with van der Waals surface area (Å²) in [6.45, 7) is 2.98. The largest absolute Gasteiger partial charge is 0.494 e. The number of nitrogens with zero attached hydrogens (tertiary/aromatic N) is 1. The molecule has 2 aromatic carbocycles. The van der Waals surface area contributed by atoms with Crippen LogP contribution in [0.1, 0.15) is 51.0 Å². The van der Waals surface area contributed by atoms with E-state index < -0.39 is 0 Å². The predicted molar refractivity (Wildman–Crippen MR) is 128 cm³/mol. The monoisotopic (exact) mass is 442 g/mol. The highest BCUT2D eigenvalue weighted by Crippen LogP contribution is 2.28. The first-order valence-electron chi connectivity index (χ1n) is 10.4. The van der Waals surface area contributed by atoms with Gasteiger partial charge in [-0.3, -0.25) is 4.79 Å². The summed E-state index contributed by atoms with van der Waals surface area (Å²) in [5, 5.41) is 4.02. The molecule has 0 atom stereocenters. The molecule has 30 heavy (non-hydrogen) atoms. The number of unbranched alkanes of at least 4 members (excludes halogenated alkanes) is 5. The second-order valence-corrected chi connectivity index (χ2v) is 8.61. The highest BCUT2D eigenvalue weighted by molar-refractivity contribution is 8.18. The Labute approximate surface area is 187 Å². The number of amides is 1. The van der Waals surface area contributed by atoms with E-state index in [0.29, 0.717) is 15.1 Å². The van der Waals surface area contributed by atoms with Crippen LogP contribution in [0.25, 0.3) is 6.08 Å². The van der Waals surface area contributed by atoms with Crippen LogP contribution >= 0.6 is 23.4 Å². The first kappa shape index (κ1) is 22.4. The molecule has 1 amide bonds.